The molecule has 100 valence electrons. The second kappa shape index (κ2) is 5.02. The number of aliphatic hydroxyl groups excluding tert-OH is 1. The van der Waals surface area contributed by atoms with Crippen molar-refractivity contribution in [2.75, 3.05) is 11.5 Å². The number of hydrogen-bond acceptors (Lipinski definition) is 3. The fourth-order valence-electron chi connectivity index (χ4n) is 2.70. The number of hydrogen-bond donors (Lipinski definition) is 1. The number of aliphatic hydroxyl groups is 1. The molecule has 1 saturated heterocycles. The molecule has 1 fully saturated rings. The highest BCUT2D eigenvalue weighted by molar-refractivity contribution is 7.91. The summed E-state index contributed by atoms with van der Waals surface area (Å²) in [5.41, 5.74) is 3.17. The van der Waals surface area contributed by atoms with Gasteiger partial charge in [0.25, 0.3) is 0 Å². The Kier molecular flexibility index (Phi) is 3.78. The fourth-order valence-corrected chi connectivity index (χ4v) is 4.58. The van der Waals surface area contributed by atoms with Gasteiger partial charge in [-0.05, 0) is 43.7 Å². The number of sulfone groups is 1. The highest BCUT2D eigenvalue weighted by atomic mass is 32.2. The van der Waals surface area contributed by atoms with E-state index in [1.165, 1.54) is 5.56 Å². The van der Waals surface area contributed by atoms with Crippen LogP contribution >= 0.6 is 0 Å². The molecule has 0 aliphatic carbocycles. The van der Waals surface area contributed by atoms with Gasteiger partial charge < -0.3 is 5.11 Å². The third-order valence-electron chi connectivity index (χ3n) is 3.67. The average Bonchev–Trinajstić information content (AvgIpc) is 2.57. The van der Waals surface area contributed by atoms with Crippen molar-refractivity contribution in [1.29, 1.82) is 0 Å². The summed E-state index contributed by atoms with van der Waals surface area (Å²) in [6.45, 7) is 4.00. The van der Waals surface area contributed by atoms with Crippen LogP contribution in [0.2, 0.25) is 0 Å². The molecule has 18 heavy (non-hydrogen) atoms. The molecule has 1 aliphatic rings. The summed E-state index contributed by atoms with van der Waals surface area (Å²) in [5, 5.41) is 10.2. The Labute approximate surface area is 109 Å². The maximum Gasteiger partial charge on any atom is 0.150 e. The van der Waals surface area contributed by atoms with E-state index >= 15 is 0 Å². The molecule has 1 heterocycles. The Morgan fingerprint density at radius 3 is 2.67 bits per heavy atom. The van der Waals surface area contributed by atoms with E-state index in [2.05, 4.69) is 0 Å². The third-order valence-corrected chi connectivity index (χ3v) is 5.50. The predicted molar refractivity (Wildman–Crippen MR) is 72.3 cm³/mol. The van der Waals surface area contributed by atoms with Crippen molar-refractivity contribution < 1.29 is 13.5 Å². The van der Waals surface area contributed by atoms with E-state index in [-0.39, 0.29) is 17.4 Å². The molecule has 0 amide bonds. The molecule has 2 atom stereocenters. The van der Waals surface area contributed by atoms with Crippen LogP contribution in [0.15, 0.2) is 18.2 Å². The van der Waals surface area contributed by atoms with Crippen LogP contribution in [0.25, 0.3) is 0 Å². The molecular formula is C14H20O3S. The van der Waals surface area contributed by atoms with Gasteiger partial charge in [-0.25, -0.2) is 8.42 Å². The maximum atomic E-state index is 11.4. The number of rotatable bonds is 3. The highest BCUT2D eigenvalue weighted by Gasteiger charge is 2.29. The Balaban J connectivity index is 2.06. The second-order valence-electron chi connectivity index (χ2n) is 5.38. The Morgan fingerprint density at radius 1 is 1.39 bits per heavy atom. The van der Waals surface area contributed by atoms with Gasteiger partial charge in [-0.2, -0.15) is 0 Å². The van der Waals surface area contributed by atoms with Crippen LogP contribution in [-0.2, 0) is 9.84 Å². The quantitative estimate of drug-likeness (QED) is 0.914. The van der Waals surface area contributed by atoms with Crippen molar-refractivity contribution in [3.63, 3.8) is 0 Å². The first-order valence-corrected chi connectivity index (χ1v) is 8.15. The van der Waals surface area contributed by atoms with Crippen molar-refractivity contribution in [1.82, 2.24) is 0 Å². The normalized spacial score (nSPS) is 24.1. The van der Waals surface area contributed by atoms with Crippen LogP contribution < -0.4 is 0 Å². The third kappa shape index (κ3) is 3.12. The van der Waals surface area contributed by atoms with Crippen molar-refractivity contribution in [3.05, 3.63) is 34.9 Å². The zero-order chi connectivity index (χ0) is 13.3. The van der Waals surface area contributed by atoms with Gasteiger partial charge in [0.05, 0.1) is 17.6 Å². The minimum Gasteiger partial charge on any atom is -0.388 e. The van der Waals surface area contributed by atoms with Gasteiger partial charge in [0.2, 0.25) is 0 Å². The molecule has 0 spiro atoms. The van der Waals surface area contributed by atoms with E-state index in [9.17, 15) is 13.5 Å². The second-order valence-corrected chi connectivity index (χ2v) is 7.61. The van der Waals surface area contributed by atoms with Crippen LogP contribution in [0.3, 0.4) is 0 Å². The fraction of sp³-hybridized carbons (Fsp3) is 0.571. The molecule has 1 aliphatic heterocycles. The topological polar surface area (TPSA) is 54.4 Å². The minimum atomic E-state index is -2.85. The first-order valence-electron chi connectivity index (χ1n) is 6.33. The first-order chi connectivity index (χ1) is 8.37. The van der Waals surface area contributed by atoms with Crippen molar-refractivity contribution in [3.8, 4) is 0 Å². The summed E-state index contributed by atoms with van der Waals surface area (Å²) in [5.74, 6) is 0.609. The van der Waals surface area contributed by atoms with Gasteiger partial charge in [-0.15, -0.1) is 0 Å². The van der Waals surface area contributed by atoms with Gasteiger partial charge in [0, 0.05) is 0 Å². The van der Waals surface area contributed by atoms with Gasteiger partial charge in [-0.3, -0.25) is 0 Å². The Hall–Kier alpha value is -0.870. The minimum absolute atomic E-state index is 0.103. The number of aryl methyl sites for hydroxylation is 2. The van der Waals surface area contributed by atoms with Crippen LogP contribution in [-0.4, -0.2) is 25.0 Å². The van der Waals surface area contributed by atoms with Gasteiger partial charge >= 0.3 is 0 Å². The summed E-state index contributed by atoms with van der Waals surface area (Å²) < 4.78 is 22.8. The predicted octanol–water partition coefficient (Wildman–Crippen LogP) is 2.16. The first kappa shape index (κ1) is 13.6. The Bertz CT molecular complexity index is 534. The molecule has 0 aromatic heterocycles. The van der Waals surface area contributed by atoms with Crippen LogP contribution in [0, 0.1) is 19.8 Å². The molecular weight excluding hydrogens is 248 g/mol. The summed E-state index contributed by atoms with van der Waals surface area (Å²) in [6, 6.07) is 5.97. The smallest absolute Gasteiger partial charge is 0.150 e. The average molecular weight is 268 g/mol. The maximum absolute atomic E-state index is 11.4. The molecule has 1 aromatic rings. The lowest BCUT2D eigenvalue weighted by Gasteiger charge is -2.17. The van der Waals surface area contributed by atoms with Crippen molar-refractivity contribution in [2.24, 2.45) is 5.92 Å². The van der Waals surface area contributed by atoms with Gasteiger partial charge in [0.15, 0.2) is 9.84 Å². The summed E-state index contributed by atoms with van der Waals surface area (Å²) in [6.07, 6.45) is 0.678. The summed E-state index contributed by atoms with van der Waals surface area (Å²) in [4.78, 5) is 0. The van der Waals surface area contributed by atoms with E-state index in [4.69, 9.17) is 0 Å². The largest absolute Gasteiger partial charge is 0.388 e. The monoisotopic (exact) mass is 268 g/mol. The van der Waals surface area contributed by atoms with Crippen LogP contribution in [0.5, 0.6) is 0 Å². The molecule has 0 saturated carbocycles. The van der Waals surface area contributed by atoms with E-state index in [0.717, 1.165) is 11.1 Å². The summed E-state index contributed by atoms with van der Waals surface area (Å²) >= 11 is 0. The van der Waals surface area contributed by atoms with Gasteiger partial charge in [-0.1, -0.05) is 23.8 Å². The van der Waals surface area contributed by atoms with E-state index < -0.39 is 15.9 Å². The van der Waals surface area contributed by atoms with Crippen molar-refractivity contribution in [2.45, 2.75) is 32.8 Å². The lowest BCUT2D eigenvalue weighted by atomic mass is 9.93. The zero-order valence-electron chi connectivity index (χ0n) is 10.9. The highest BCUT2D eigenvalue weighted by Crippen LogP contribution is 2.30. The van der Waals surface area contributed by atoms with Crippen LogP contribution in [0.4, 0.5) is 0 Å². The van der Waals surface area contributed by atoms with Crippen molar-refractivity contribution >= 4 is 9.84 Å². The zero-order valence-corrected chi connectivity index (χ0v) is 11.7. The molecule has 0 radical (unpaired) electrons. The SMILES string of the molecule is Cc1ccc(C(O)CC2CCS(=O)(=O)C2)c(C)c1. The lowest BCUT2D eigenvalue weighted by Crippen LogP contribution is -2.10. The molecule has 1 aromatic carbocycles. The lowest BCUT2D eigenvalue weighted by molar-refractivity contribution is 0.148. The molecule has 2 rings (SSSR count). The van der Waals surface area contributed by atoms with E-state index in [0.29, 0.717) is 12.8 Å². The number of benzene rings is 1. The molecule has 3 nitrogen and oxygen atoms in total. The molecule has 2 unspecified atom stereocenters. The Morgan fingerprint density at radius 2 is 2.11 bits per heavy atom. The molecule has 1 N–H and O–H groups in total. The molecule has 0 bridgehead atoms. The standard InChI is InChI=1S/C14H20O3S/c1-10-3-4-13(11(2)7-10)14(15)8-12-5-6-18(16,17)9-12/h3-4,7,12,14-15H,5-6,8-9H2,1-2H3. The summed E-state index contributed by atoms with van der Waals surface area (Å²) in [7, 11) is -2.85. The van der Waals surface area contributed by atoms with Gasteiger partial charge in [0.1, 0.15) is 0 Å². The van der Waals surface area contributed by atoms with E-state index in [1.807, 2.05) is 32.0 Å². The van der Waals surface area contributed by atoms with E-state index in [1.54, 1.807) is 0 Å². The van der Waals surface area contributed by atoms with Crippen LogP contribution in [0.1, 0.15) is 35.6 Å². The molecule has 4 heteroatoms.